The third-order valence-corrected chi connectivity index (χ3v) is 3.56. The molecule has 0 amide bonds. The molecule has 82 valence electrons. The monoisotopic (exact) mass is 196 g/mol. The smallest absolute Gasteiger partial charge is 0.0215 e. The van der Waals surface area contributed by atoms with E-state index in [-0.39, 0.29) is 0 Å². The molecule has 1 atom stereocenters. The SMILES string of the molecule is CCC(CNC1CC1)N(C)CC1CC1. The Morgan fingerprint density at radius 3 is 2.50 bits per heavy atom. The third-order valence-electron chi connectivity index (χ3n) is 3.56. The Balaban J connectivity index is 1.65. The molecule has 0 aromatic heterocycles. The van der Waals surface area contributed by atoms with Gasteiger partial charge in [0.2, 0.25) is 0 Å². The maximum Gasteiger partial charge on any atom is 0.0215 e. The summed E-state index contributed by atoms with van der Waals surface area (Å²) in [5, 5.41) is 3.64. The van der Waals surface area contributed by atoms with Crippen LogP contribution in [0, 0.1) is 5.92 Å². The van der Waals surface area contributed by atoms with Crippen LogP contribution in [0.1, 0.15) is 39.0 Å². The predicted octanol–water partition coefficient (Wildman–Crippen LogP) is 1.86. The van der Waals surface area contributed by atoms with Crippen LogP contribution in [0.2, 0.25) is 0 Å². The van der Waals surface area contributed by atoms with Crippen LogP contribution in [0.4, 0.5) is 0 Å². The quantitative estimate of drug-likeness (QED) is 0.668. The van der Waals surface area contributed by atoms with Gasteiger partial charge in [0.1, 0.15) is 0 Å². The molecule has 2 heteroatoms. The van der Waals surface area contributed by atoms with E-state index in [9.17, 15) is 0 Å². The van der Waals surface area contributed by atoms with E-state index in [0.717, 1.165) is 18.0 Å². The van der Waals surface area contributed by atoms with Crippen LogP contribution in [0.5, 0.6) is 0 Å². The highest BCUT2D eigenvalue weighted by atomic mass is 15.2. The second-order valence-corrected chi connectivity index (χ2v) is 5.13. The Morgan fingerprint density at radius 1 is 1.29 bits per heavy atom. The molecule has 0 heterocycles. The van der Waals surface area contributed by atoms with Crippen LogP contribution in [0.3, 0.4) is 0 Å². The number of nitrogens with one attached hydrogen (secondary N) is 1. The lowest BCUT2D eigenvalue weighted by atomic mass is 10.2. The molecule has 2 nitrogen and oxygen atoms in total. The van der Waals surface area contributed by atoms with Gasteiger partial charge in [-0.05, 0) is 45.1 Å². The normalized spacial score (nSPS) is 24.2. The van der Waals surface area contributed by atoms with Crippen molar-refractivity contribution in [1.82, 2.24) is 10.2 Å². The molecular weight excluding hydrogens is 172 g/mol. The standard InChI is InChI=1S/C12H24N2/c1-3-12(8-13-11-6-7-11)14(2)9-10-4-5-10/h10-13H,3-9H2,1-2H3. The van der Waals surface area contributed by atoms with E-state index in [1.54, 1.807) is 0 Å². The fraction of sp³-hybridized carbons (Fsp3) is 1.00. The zero-order chi connectivity index (χ0) is 9.97. The summed E-state index contributed by atoms with van der Waals surface area (Å²) < 4.78 is 0. The minimum atomic E-state index is 0.760. The Morgan fingerprint density at radius 2 is 2.00 bits per heavy atom. The van der Waals surface area contributed by atoms with Gasteiger partial charge in [-0.15, -0.1) is 0 Å². The maximum absolute atomic E-state index is 3.64. The second kappa shape index (κ2) is 4.63. The van der Waals surface area contributed by atoms with Crippen molar-refractivity contribution in [3.8, 4) is 0 Å². The first-order valence-corrected chi connectivity index (χ1v) is 6.23. The Labute approximate surface area is 88.1 Å². The summed E-state index contributed by atoms with van der Waals surface area (Å²) >= 11 is 0. The molecule has 2 rings (SSSR count). The Hall–Kier alpha value is -0.0800. The molecule has 1 N–H and O–H groups in total. The number of hydrogen-bond acceptors (Lipinski definition) is 2. The fourth-order valence-corrected chi connectivity index (χ4v) is 2.06. The minimum Gasteiger partial charge on any atom is -0.312 e. The van der Waals surface area contributed by atoms with Crippen LogP contribution >= 0.6 is 0 Å². The van der Waals surface area contributed by atoms with Gasteiger partial charge in [0, 0.05) is 25.2 Å². The van der Waals surface area contributed by atoms with Gasteiger partial charge in [0.15, 0.2) is 0 Å². The van der Waals surface area contributed by atoms with E-state index < -0.39 is 0 Å². The van der Waals surface area contributed by atoms with Gasteiger partial charge in [-0.25, -0.2) is 0 Å². The Bertz CT molecular complexity index is 173. The minimum absolute atomic E-state index is 0.760. The summed E-state index contributed by atoms with van der Waals surface area (Å²) in [6, 6.07) is 1.62. The predicted molar refractivity (Wildman–Crippen MR) is 60.5 cm³/mol. The van der Waals surface area contributed by atoms with E-state index in [0.29, 0.717) is 0 Å². The molecule has 2 fully saturated rings. The molecule has 2 aliphatic carbocycles. The van der Waals surface area contributed by atoms with Gasteiger partial charge in [0.05, 0.1) is 0 Å². The number of likely N-dealkylation sites (N-methyl/N-ethyl adjacent to an activating group) is 1. The number of hydrogen-bond donors (Lipinski definition) is 1. The summed E-state index contributed by atoms with van der Waals surface area (Å²) in [4.78, 5) is 2.56. The van der Waals surface area contributed by atoms with Crippen molar-refractivity contribution in [2.24, 2.45) is 5.92 Å². The van der Waals surface area contributed by atoms with Crippen LogP contribution in [-0.2, 0) is 0 Å². The topological polar surface area (TPSA) is 15.3 Å². The zero-order valence-electron chi connectivity index (χ0n) is 9.63. The van der Waals surface area contributed by atoms with E-state index in [1.807, 2.05) is 0 Å². The molecule has 0 aromatic carbocycles. The first kappa shape index (κ1) is 10.4. The maximum atomic E-state index is 3.64. The summed E-state index contributed by atoms with van der Waals surface area (Å²) in [6.45, 7) is 4.83. The van der Waals surface area contributed by atoms with Crippen molar-refractivity contribution in [2.75, 3.05) is 20.1 Å². The molecule has 2 saturated carbocycles. The van der Waals surface area contributed by atoms with E-state index in [2.05, 4.69) is 24.2 Å². The molecule has 0 aromatic rings. The second-order valence-electron chi connectivity index (χ2n) is 5.13. The highest BCUT2D eigenvalue weighted by Crippen LogP contribution is 2.30. The van der Waals surface area contributed by atoms with Gasteiger partial charge in [0.25, 0.3) is 0 Å². The van der Waals surface area contributed by atoms with Gasteiger partial charge in [-0.2, -0.15) is 0 Å². The molecule has 0 bridgehead atoms. The lowest BCUT2D eigenvalue weighted by molar-refractivity contribution is 0.220. The fourth-order valence-electron chi connectivity index (χ4n) is 2.06. The van der Waals surface area contributed by atoms with Gasteiger partial charge < -0.3 is 10.2 Å². The van der Waals surface area contributed by atoms with E-state index in [4.69, 9.17) is 0 Å². The van der Waals surface area contributed by atoms with Gasteiger partial charge in [-0.3, -0.25) is 0 Å². The molecule has 0 aliphatic heterocycles. The van der Waals surface area contributed by atoms with Gasteiger partial charge in [-0.1, -0.05) is 6.92 Å². The summed E-state index contributed by atoms with van der Waals surface area (Å²) in [7, 11) is 2.29. The first-order chi connectivity index (χ1) is 6.79. The van der Waals surface area contributed by atoms with E-state index >= 15 is 0 Å². The zero-order valence-corrected chi connectivity index (χ0v) is 9.63. The number of rotatable bonds is 7. The molecule has 14 heavy (non-hydrogen) atoms. The highest BCUT2D eigenvalue weighted by molar-refractivity contribution is 4.85. The first-order valence-electron chi connectivity index (χ1n) is 6.23. The molecule has 1 unspecified atom stereocenters. The molecule has 2 aliphatic rings. The third kappa shape index (κ3) is 3.25. The average Bonchev–Trinajstić information content (AvgIpc) is 2.99. The number of nitrogens with zero attached hydrogens (tertiary/aromatic N) is 1. The van der Waals surface area contributed by atoms with Crippen molar-refractivity contribution in [2.45, 2.75) is 51.1 Å². The van der Waals surface area contributed by atoms with Crippen LogP contribution in [0.25, 0.3) is 0 Å². The van der Waals surface area contributed by atoms with Crippen molar-refractivity contribution < 1.29 is 0 Å². The largest absolute Gasteiger partial charge is 0.312 e. The van der Waals surface area contributed by atoms with Crippen LogP contribution < -0.4 is 5.32 Å². The van der Waals surface area contributed by atoms with Crippen molar-refractivity contribution in [3.05, 3.63) is 0 Å². The van der Waals surface area contributed by atoms with Crippen molar-refractivity contribution >= 4 is 0 Å². The summed E-state index contributed by atoms with van der Waals surface area (Å²) in [6.07, 6.45) is 7.03. The molecular formula is C12H24N2. The molecule has 0 spiro atoms. The van der Waals surface area contributed by atoms with E-state index in [1.165, 1.54) is 45.2 Å². The lowest BCUT2D eigenvalue weighted by Crippen LogP contribution is -2.41. The molecule has 0 saturated heterocycles. The van der Waals surface area contributed by atoms with Crippen molar-refractivity contribution in [3.63, 3.8) is 0 Å². The molecule has 0 radical (unpaired) electrons. The summed E-state index contributed by atoms with van der Waals surface area (Å²) in [5.41, 5.74) is 0. The van der Waals surface area contributed by atoms with Crippen LogP contribution in [0.15, 0.2) is 0 Å². The van der Waals surface area contributed by atoms with Crippen LogP contribution in [-0.4, -0.2) is 37.1 Å². The average molecular weight is 196 g/mol. The Kier molecular flexibility index (Phi) is 3.45. The lowest BCUT2D eigenvalue weighted by Gasteiger charge is -2.27. The summed E-state index contributed by atoms with van der Waals surface area (Å²) in [5.74, 6) is 1.02. The van der Waals surface area contributed by atoms with Crippen molar-refractivity contribution in [1.29, 1.82) is 0 Å². The highest BCUT2D eigenvalue weighted by Gasteiger charge is 2.26. The van der Waals surface area contributed by atoms with Gasteiger partial charge >= 0.3 is 0 Å².